The third kappa shape index (κ3) is 6.37. The van der Waals surface area contributed by atoms with E-state index in [9.17, 15) is 49.5 Å². The molecule has 3 aromatic heterocycles. The molecule has 0 aliphatic carbocycles. The number of anilines is 1. The Labute approximate surface area is 291 Å². The second-order valence-electron chi connectivity index (χ2n) is 10.6. The van der Waals surface area contributed by atoms with Gasteiger partial charge in [-0.1, -0.05) is 6.07 Å². The highest BCUT2D eigenvalue weighted by Crippen LogP contribution is 2.42. The van der Waals surface area contributed by atoms with E-state index in [0.717, 1.165) is 40.1 Å². The number of phenols is 2. The number of β-lactam (4-membered cyclic amide) rings is 1. The van der Waals surface area contributed by atoms with Crippen LogP contribution in [0.3, 0.4) is 0 Å². The summed E-state index contributed by atoms with van der Waals surface area (Å²) in [5.41, 5.74) is 5.71. The lowest BCUT2D eigenvalue weighted by atomic mass is 10.0. The van der Waals surface area contributed by atoms with Gasteiger partial charge in [-0.05, 0) is 36.3 Å². The topological polar surface area (TPSA) is 296 Å². The Kier molecular flexibility index (Phi) is 9.07. The molecule has 22 heteroatoms. The van der Waals surface area contributed by atoms with Gasteiger partial charge in [-0.15, -0.1) is 40.0 Å². The third-order valence-electron chi connectivity index (χ3n) is 7.32. The van der Waals surface area contributed by atoms with Crippen molar-refractivity contribution in [1.82, 2.24) is 34.8 Å². The molecule has 258 valence electrons. The molecule has 50 heavy (non-hydrogen) atoms. The van der Waals surface area contributed by atoms with E-state index in [1.54, 1.807) is 13.0 Å². The highest BCUT2D eigenvalue weighted by Gasteiger charge is 2.54. The van der Waals surface area contributed by atoms with Crippen molar-refractivity contribution in [2.45, 2.75) is 29.4 Å². The van der Waals surface area contributed by atoms with Gasteiger partial charge in [0.2, 0.25) is 0 Å². The molecule has 2 aliphatic rings. The van der Waals surface area contributed by atoms with E-state index in [0.29, 0.717) is 16.3 Å². The molecule has 4 aromatic rings. The van der Waals surface area contributed by atoms with E-state index in [2.05, 4.69) is 30.4 Å². The molecular formula is C28H23N9O10S3. The molecule has 0 radical (unpaired) electrons. The highest BCUT2D eigenvalue weighted by molar-refractivity contribution is 8.01. The summed E-state index contributed by atoms with van der Waals surface area (Å²) in [6.45, 7) is 1.68. The van der Waals surface area contributed by atoms with E-state index in [1.807, 2.05) is 0 Å². The first-order valence-corrected chi connectivity index (χ1v) is 17.0. The number of nitrogens with two attached hydrogens (primary N) is 1. The van der Waals surface area contributed by atoms with Crippen molar-refractivity contribution in [3.63, 3.8) is 0 Å². The van der Waals surface area contributed by atoms with Gasteiger partial charge in [-0.3, -0.25) is 19.5 Å². The van der Waals surface area contributed by atoms with Crippen molar-refractivity contribution in [3.05, 3.63) is 63.7 Å². The maximum atomic E-state index is 13.6. The van der Waals surface area contributed by atoms with Crippen LogP contribution in [-0.4, -0.2) is 113 Å². The Morgan fingerprint density at radius 2 is 1.86 bits per heavy atom. The number of aromatic nitrogens is 5. The zero-order chi connectivity index (χ0) is 36.0. The predicted octanol–water partition coefficient (Wildman–Crippen LogP) is 0.727. The van der Waals surface area contributed by atoms with Crippen molar-refractivity contribution in [2.75, 3.05) is 17.2 Å². The number of carbonyl (C=O) groups is 5. The minimum atomic E-state index is -1.75. The molecule has 1 aromatic carbocycles. The zero-order valence-corrected chi connectivity index (χ0v) is 27.7. The number of hydrogen-bond acceptors (Lipinski definition) is 16. The number of thiazole rings is 1. The molecule has 2 aliphatic heterocycles. The molecule has 5 heterocycles. The van der Waals surface area contributed by atoms with Crippen molar-refractivity contribution >= 4 is 81.2 Å². The number of phenolic OH excluding ortho intramolecular Hbond substituents is 2. The lowest BCUT2D eigenvalue weighted by Gasteiger charge is -2.49. The lowest BCUT2D eigenvalue weighted by molar-refractivity contribution is -0.150. The number of aliphatic imine (C=N–C) groups is 1. The van der Waals surface area contributed by atoms with Gasteiger partial charge in [0, 0.05) is 22.6 Å². The summed E-state index contributed by atoms with van der Waals surface area (Å²) >= 11 is 3.28. The SMILES string of the molecule is Cc1cc(SCC2=C(C(=O)O)N3C(=O)[C@@H](NC(=O)C(=NC(C(=O)O)c4ccc(O)c(O)c4)c4csc(N)n4)[C@H]3SC2)n2nc(C(=O)O)nc2n1. The molecule has 6 rings (SSSR count). The van der Waals surface area contributed by atoms with E-state index in [1.165, 1.54) is 27.7 Å². The Hall–Kier alpha value is -5.74. The van der Waals surface area contributed by atoms with Gasteiger partial charge in [-0.25, -0.2) is 24.4 Å². The first-order valence-electron chi connectivity index (χ1n) is 14.1. The van der Waals surface area contributed by atoms with Crippen LogP contribution in [0.25, 0.3) is 5.78 Å². The number of carbonyl (C=O) groups excluding carboxylic acids is 2. The van der Waals surface area contributed by atoms with Gasteiger partial charge >= 0.3 is 17.9 Å². The fraction of sp³-hybridized carbons (Fsp3) is 0.214. The number of hydrogen-bond donors (Lipinski definition) is 7. The number of amides is 2. The zero-order valence-electron chi connectivity index (χ0n) is 25.2. The second-order valence-corrected chi connectivity index (χ2v) is 13.6. The number of aryl methyl sites for hydroxylation is 1. The van der Waals surface area contributed by atoms with E-state index in [4.69, 9.17) is 5.73 Å². The molecule has 1 saturated heterocycles. The van der Waals surface area contributed by atoms with Crippen LogP contribution in [0.1, 0.15) is 33.6 Å². The molecule has 3 atom stereocenters. The summed E-state index contributed by atoms with van der Waals surface area (Å²) in [7, 11) is 0. The highest BCUT2D eigenvalue weighted by atomic mass is 32.2. The lowest BCUT2D eigenvalue weighted by Crippen LogP contribution is -2.71. The number of benzene rings is 1. The fourth-order valence-electron chi connectivity index (χ4n) is 5.06. The number of carboxylic acid groups (broad SMARTS) is 3. The molecule has 0 bridgehead atoms. The summed E-state index contributed by atoms with van der Waals surface area (Å²) < 4.78 is 1.23. The monoisotopic (exact) mass is 741 g/mol. The van der Waals surface area contributed by atoms with Crippen molar-refractivity contribution in [3.8, 4) is 11.5 Å². The fourth-order valence-corrected chi connectivity index (χ4v) is 8.14. The van der Waals surface area contributed by atoms with E-state index < -0.39 is 70.2 Å². The number of aliphatic carboxylic acids is 2. The summed E-state index contributed by atoms with van der Waals surface area (Å²) in [6.07, 6.45) is 0. The number of thioether (sulfide) groups is 2. The number of nitrogens with one attached hydrogen (secondary N) is 1. The maximum absolute atomic E-state index is 13.6. The number of aromatic hydroxyl groups is 2. The molecule has 0 saturated carbocycles. The minimum absolute atomic E-state index is 0.0406. The quantitative estimate of drug-likeness (QED) is 0.0366. The number of rotatable bonds is 11. The number of carboxylic acids is 3. The number of fused-ring (bicyclic) bond motifs is 2. The predicted molar refractivity (Wildman–Crippen MR) is 176 cm³/mol. The summed E-state index contributed by atoms with van der Waals surface area (Å²) in [5, 5.41) is 56.4. The first kappa shape index (κ1) is 34.1. The van der Waals surface area contributed by atoms with Crippen molar-refractivity contribution in [1.29, 1.82) is 0 Å². The molecule has 1 fully saturated rings. The minimum Gasteiger partial charge on any atom is -0.504 e. The number of aromatic carboxylic acids is 1. The number of nitrogens with zero attached hydrogens (tertiary/aromatic N) is 7. The smallest absolute Gasteiger partial charge is 0.375 e. The molecule has 8 N–H and O–H groups in total. The van der Waals surface area contributed by atoms with Crippen molar-refractivity contribution < 1.29 is 49.5 Å². The van der Waals surface area contributed by atoms with Crippen LogP contribution < -0.4 is 11.1 Å². The van der Waals surface area contributed by atoms with Gasteiger partial charge in [0.25, 0.3) is 23.4 Å². The van der Waals surface area contributed by atoms with Crippen LogP contribution >= 0.6 is 34.9 Å². The average molecular weight is 742 g/mol. The normalized spacial score (nSPS) is 18.1. The Morgan fingerprint density at radius 3 is 2.50 bits per heavy atom. The van der Waals surface area contributed by atoms with Crippen LogP contribution in [0.2, 0.25) is 0 Å². The number of nitrogen functional groups attached to an aromatic ring is 1. The van der Waals surface area contributed by atoms with Gasteiger partial charge in [0.15, 0.2) is 28.4 Å². The molecular weight excluding hydrogens is 719 g/mol. The van der Waals surface area contributed by atoms with Crippen LogP contribution in [0.15, 0.2) is 50.9 Å². The molecule has 2 amide bonds. The van der Waals surface area contributed by atoms with Gasteiger partial charge in [0.1, 0.15) is 27.8 Å². The van der Waals surface area contributed by atoms with Crippen molar-refractivity contribution in [2.24, 2.45) is 4.99 Å². The van der Waals surface area contributed by atoms with Crippen LogP contribution in [-0.2, 0) is 19.2 Å². The van der Waals surface area contributed by atoms with Gasteiger partial charge in [-0.2, -0.15) is 9.50 Å². The summed E-state index contributed by atoms with van der Waals surface area (Å²) in [4.78, 5) is 80.4. The second kappa shape index (κ2) is 13.3. The molecule has 1 unspecified atom stereocenters. The first-order chi connectivity index (χ1) is 23.7. The van der Waals surface area contributed by atoms with Gasteiger partial charge < -0.3 is 36.6 Å². The van der Waals surface area contributed by atoms with E-state index >= 15 is 0 Å². The van der Waals surface area contributed by atoms with Crippen LogP contribution in [0, 0.1) is 6.92 Å². The molecule has 0 spiro atoms. The van der Waals surface area contributed by atoms with Crippen LogP contribution in [0.4, 0.5) is 5.13 Å². The average Bonchev–Trinajstić information content (AvgIpc) is 3.69. The third-order valence-corrected chi connectivity index (χ3v) is 10.4. The molecule has 19 nitrogen and oxygen atoms in total. The Balaban J connectivity index is 1.25. The maximum Gasteiger partial charge on any atom is 0.375 e. The van der Waals surface area contributed by atoms with E-state index in [-0.39, 0.29) is 39.4 Å². The van der Waals surface area contributed by atoms with Crippen LogP contribution in [0.5, 0.6) is 11.5 Å². The van der Waals surface area contributed by atoms with Gasteiger partial charge in [0.05, 0.1) is 0 Å². The largest absolute Gasteiger partial charge is 0.504 e. The Morgan fingerprint density at radius 1 is 1.10 bits per heavy atom. The standard InChI is InChI=1S/C28H23N9O10S3/c1-9-4-15(37-28(30-9)34-20(35-37)26(46)47)48-6-11-7-49-23-18(22(41)36(23)19(11)25(44)45)33-21(40)17(12-8-50-27(29)31-12)32-16(24(42)43)10-2-3-13(38)14(39)5-10/h2-5,8,16,18,23,38-39H,6-7H2,1H3,(H2,29,31)(H,33,40)(H,42,43)(H,44,45)(H,46,47)/t16?,18-,23-/m1/s1. The summed E-state index contributed by atoms with van der Waals surface area (Å²) in [5.74, 6) is -7.27. The Bertz CT molecular complexity index is 2180. The summed E-state index contributed by atoms with van der Waals surface area (Å²) in [6, 6.07) is 1.89.